The van der Waals surface area contributed by atoms with Gasteiger partial charge in [-0.3, -0.25) is 5.10 Å². The van der Waals surface area contributed by atoms with Gasteiger partial charge in [-0.2, -0.15) is 5.10 Å². The van der Waals surface area contributed by atoms with Crippen molar-refractivity contribution in [3.8, 4) is 17.1 Å². The molecule has 0 fully saturated rings. The molecule has 0 radical (unpaired) electrons. The third-order valence-corrected chi connectivity index (χ3v) is 3.37. The van der Waals surface area contributed by atoms with Gasteiger partial charge in [0.15, 0.2) is 5.82 Å². The normalized spacial score (nSPS) is 12.1. The van der Waals surface area contributed by atoms with Crippen molar-refractivity contribution in [3.63, 3.8) is 0 Å². The number of nitrogens with two attached hydrogens (primary N) is 1. The zero-order valence-corrected chi connectivity index (χ0v) is 12.0. The molecular weight excluding hydrogens is 283 g/mol. The summed E-state index contributed by atoms with van der Waals surface area (Å²) >= 11 is 0. The second-order valence-corrected chi connectivity index (χ2v) is 4.77. The van der Waals surface area contributed by atoms with E-state index in [2.05, 4.69) is 15.2 Å². The zero-order valence-electron chi connectivity index (χ0n) is 12.0. The quantitative estimate of drug-likeness (QED) is 0.776. The first-order chi connectivity index (χ1) is 10.7. The molecular formula is C16H15FN4O. The molecule has 0 amide bonds. The highest BCUT2D eigenvalue weighted by Gasteiger charge is 2.16. The first kappa shape index (κ1) is 14.2. The Morgan fingerprint density at radius 3 is 2.59 bits per heavy atom. The minimum Gasteiger partial charge on any atom is -0.496 e. The Hall–Kier alpha value is -2.73. The highest BCUT2D eigenvalue weighted by molar-refractivity contribution is 5.63. The highest BCUT2D eigenvalue weighted by atomic mass is 19.1. The smallest absolute Gasteiger partial charge is 0.184 e. The summed E-state index contributed by atoms with van der Waals surface area (Å²) in [6.45, 7) is 0. The molecule has 0 bridgehead atoms. The Bertz CT molecular complexity index is 770. The van der Waals surface area contributed by atoms with E-state index in [1.807, 2.05) is 24.3 Å². The van der Waals surface area contributed by atoms with Gasteiger partial charge in [-0.1, -0.05) is 24.3 Å². The van der Waals surface area contributed by atoms with Crippen LogP contribution in [0.25, 0.3) is 11.4 Å². The molecule has 3 N–H and O–H groups in total. The molecule has 0 spiro atoms. The molecule has 3 aromatic rings. The van der Waals surface area contributed by atoms with E-state index in [1.165, 1.54) is 12.1 Å². The van der Waals surface area contributed by atoms with Crippen LogP contribution in [0.15, 0.2) is 48.5 Å². The Balaban J connectivity index is 1.92. The van der Waals surface area contributed by atoms with E-state index in [4.69, 9.17) is 10.5 Å². The van der Waals surface area contributed by atoms with Gasteiger partial charge in [0, 0.05) is 0 Å². The third-order valence-electron chi connectivity index (χ3n) is 3.37. The number of nitrogens with zero attached hydrogens (tertiary/aromatic N) is 2. The second kappa shape index (κ2) is 5.95. The lowest BCUT2D eigenvalue weighted by molar-refractivity contribution is 0.416. The average molecular weight is 298 g/mol. The van der Waals surface area contributed by atoms with Crippen LogP contribution >= 0.6 is 0 Å². The zero-order chi connectivity index (χ0) is 15.5. The van der Waals surface area contributed by atoms with E-state index in [0.717, 1.165) is 11.1 Å². The van der Waals surface area contributed by atoms with Crippen LogP contribution in [0.4, 0.5) is 4.39 Å². The molecule has 1 aromatic heterocycles. The van der Waals surface area contributed by atoms with Crippen molar-refractivity contribution in [1.29, 1.82) is 0 Å². The van der Waals surface area contributed by atoms with Crippen molar-refractivity contribution in [2.24, 2.45) is 5.73 Å². The van der Waals surface area contributed by atoms with Crippen LogP contribution in [0.1, 0.15) is 17.4 Å². The lowest BCUT2D eigenvalue weighted by atomic mass is 10.1. The third kappa shape index (κ3) is 2.68. The van der Waals surface area contributed by atoms with Gasteiger partial charge in [0.2, 0.25) is 0 Å². The topological polar surface area (TPSA) is 76.8 Å². The van der Waals surface area contributed by atoms with E-state index >= 15 is 0 Å². The molecule has 0 saturated heterocycles. The minimum absolute atomic E-state index is 0.303. The van der Waals surface area contributed by atoms with Crippen molar-refractivity contribution in [1.82, 2.24) is 15.2 Å². The standard InChI is InChI=1S/C16H15FN4O/c1-22-13-5-3-2-4-12(13)15-19-16(21-20-15)14(18)10-6-8-11(17)9-7-10/h2-9,14H,18H2,1H3,(H,19,20,21)/t14-/m0/s1. The molecule has 0 aliphatic rings. The monoisotopic (exact) mass is 298 g/mol. The molecule has 6 heteroatoms. The van der Waals surface area contributed by atoms with E-state index in [1.54, 1.807) is 19.2 Å². The predicted molar refractivity (Wildman–Crippen MR) is 80.8 cm³/mol. The summed E-state index contributed by atoms with van der Waals surface area (Å²) in [6, 6.07) is 13.0. The number of rotatable bonds is 4. The maximum Gasteiger partial charge on any atom is 0.184 e. The minimum atomic E-state index is -0.503. The summed E-state index contributed by atoms with van der Waals surface area (Å²) in [5.41, 5.74) is 7.67. The van der Waals surface area contributed by atoms with Crippen LogP contribution in [-0.2, 0) is 0 Å². The van der Waals surface area contributed by atoms with E-state index < -0.39 is 6.04 Å². The lowest BCUT2D eigenvalue weighted by Gasteiger charge is -2.08. The number of nitrogens with one attached hydrogen (secondary N) is 1. The molecule has 0 aliphatic heterocycles. The van der Waals surface area contributed by atoms with Crippen LogP contribution in [0.5, 0.6) is 5.75 Å². The SMILES string of the molecule is COc1ccccc1-c1n[nH]c([C@@H](N)c2ccc(F)cc2)n1. The summed E-state index contributed by atoms with van der Waals surface area (Å²) in [5.74, 6) is 1.39. The molecule has 112 valence electrons. The van der Waals surface area contributed by atoms with E-state index in [-0.39, 0.29) is 5.82 Å². The highest BCUT2D eigenvalue weighted by Crippen LogP contribution is 2.27. The molecule has 0 unspecified atom stereocenters. The number of aromatic nitrogens is 3. The number of ether oxygens (including phenoxy) is 1. The van der Waals surface area contributed by atoms with Gasteiger partial charge in [-0.25, -0.2) is 9.37 Å². The largest absolute Gasteiger partial charge is 0.496 e. The van der Waals surface area contributed by atoms with Crippen LogP contribution in [-0.4, -0.2) is 22.3 Å². The Kier molecular flexibility index (Phi) is 3.84. The summed E-state index contributed by atoms with van der Waals surface area (Å²) < 4.78 is 18.3. The van der Waals surface area contributed by atoms with Gasteiger partial charge in [0.25, 0.3) is 0 Å². The van der Waals surface area contributed by atoms with Crippen LogP contribution in [0.3, 0.4) is 0 Å². The number of benzene rings is 2. The van der Waals surface area contributed by atoms with Crippen molar-refractivity contribution in [2.45, 2.75) is 6.04 Å². The van der Waals surface area contributed by atoms with Crippen LogP contribution < -0.4 is 10.5 Å². The van der Waals surface area contributed by atoms with Crippen LogP contribution in [0.2, 0.25) is 0 Å². The fourth-order valence-corrected chi connectivity index (χ4v) is 2.19. The fourth-order valence-electron chi connectivity index (χ4n) is 2.19. The maximum atomic E-state index is 13.0. The number of hydrogen-bond donors (Lipinski definition) is 2. The molecule has 0 saturated carbocycles. The molecule has 2 aromatic carbocycles. The molecule has 5 nitrogen and oxygen atoms in total. The van der Waals surface area contributed by atoms with Crippen molar-refractivity contribution in [2.75, 3.05) is 7.11 Å². The van der Waals surface area contributed by atoms with E-state index in [9.17, 15) is 4.39 Å². The number of hydrogen-bond acceptors (Lipinski definition) is 4. The Morgan fingerprint density at radius 1 is 1.14 bits per heavy atom. The summed E-state index contributed by atoms with van der Waals surface area (Å²) in [5, 5.41) is 7.02. The lowest BCUT2D eigenvalue weighted by Crippen LogP contribution is -2.13. The van der Waals surface area contributed by atoms with Gasteiger partial charge >= 0.3 is 0 Å². The number of methoxy groups -OCH3 is 1. The molecule has 22 heavy (non-hydrogen) atoms. The first-order valence-electron chi connectivity index (χ1n) is 6.76. The molecule has 0 aliphatic carbocycles. The second-order valence-electron chi connectivity index (χ2n) is 4.77. The first-order valence-corrected chi connectivity index (χ1v) is 6.76. The average Bonchev–Trinajstić information content (AvgIpc) is 3.04. The van der Waals surface area contributed by atoms with Crippen molar-refractivity contribution >= 4 is 0 Å². The van der Waals surface area contributed by atoms with Gasteiger partial charge in [-0.05, 0) is 29.8 Å². The molecule has 3 rings (SSSR count). The summed E-state index contributed by atoms with van der Waals surface area (Å²) in [6.07, 6.45) is 0. The maximum absolute atomic E-state index is 13.0. The Labute approximate surface area is 127 Å². The van der Waals surface area contributed by atoms with Gasteiger partial charge < -0.3 is 10.5 Å². The number of para-hydroxylation sites is 1. The fraction of sp³-hybridized carbons (Fsp3) is 0.125. The number of halogens is 1. The van der Waals surface area contributed by atoms with Gasteiger partial charge in [0.1, 0.15) is 17.4 Å². The molecule has 1 atom stereocenters. The van der Waals surface area contributed by atoms with Gasteiger partial charge in [-0.15, -0.1) is 0 Å². The number of aromatic amines is 1. The van der Waals surface area contributed by atoms with Gasteiger partial charge in [0.05, 0.1) is 18.7 Å². The van der Waals surface area contributed by atoms with Crippen LogP contribution in [0, 0.1) is 5.82 Å². The van der Waals surface area contributed by atoms with Crippen molar-refractivity contribution < 1.29 is 9.13 Å². The Morgan fingerprint density at radius 2 is 1.86 bits per heavy atom. The predicted octanol–water partition coefficient (Wildman–Crippen LogP) is 2.67. The van der Waals surface area contributed by atoms with Crippen molar-refractivity contribution in [3.05, 3.63) is 65.7 Å². The summed E-state index contributed by atoms with van der Waals surface area (Å²) in [7, 11) is 1.59. The summed E-state index contributed by atoms with van der Waals surface area (Å²) in [4.78, 5) is 4.42. The molecule has 1 heterocycles. The van der Waals surface area contributed by atoms with E-state index in [0.29, 0.717) is 17.4 Å². The number of H-pyrrole nitrogens is 1.